The van der Waals surface area contributed by atoms with Gasteiger partial charge in [-0.05, 0) is 56.0 Å². The summed E-state index contributed by atoms with van der Waals surface area (Å²) < 4.78 is 10.0. The van der Waals surface area contributed by atoms with Crippen LogP contribution in [0.2, 0.25) is 0 Å². The molecule has 1 aromatic heterocycles. The van der Waals surface area contributed by atoms with Gasteiger partial charge < -0.3 is 14.5 Å². The Bertz CT molecular complexity index is 434. The highest BCUT2D eigenvalue weighted by atomic mass is 16.5. The van der Waals surface area contributed by atoms with E-state index in [2.05, 4.69) is 10.1 Å². The number of nitrogens with one attached hydrogen (secondary N) is 1. The molecular weight excluding hydrogens is 242 g/mol. The lowest BCUT2D eigenvalue weighted by molar-refractivity contribution is 0.0600. The number of carbonyl (C=O) groups excluding carboxylic acids is 1. The Morgan fingerprint density at radius 2 is 2.11 bits per heavy atom. The molecule has 4 nitrogen and oxygen atoms in total. The van der Waals surface area contributed by atoms with E-state index < -0.39 is 0 Å². The lowest BCUT2D eigenvalue weighted by Crippen LogP contribution is -2.25. The van der Waals surface area contributed by atoms with Gasteiger partial charge in [-0.3, -0.25) is 0 Å². The molecule has 1 aromatic rings. The molecular formula is C15H21NO3. The third kappa shape index (κ3) is 3.18. The highest BCUT2D eigenvalue weighted by molar-refractivity contribution is 5.88. The van der Waals surface area contributed by atoms with Crippen molar-refractivity contribution in [1.29, 1.82) is 0 Å². The van der Waals surface area contributed by atoms with Crippen molar-refractivity contribution in [2.24, 2.45) is 17.8 Å². The standard InChI is InChI=1S/C15H21NO3/c1-18-15(17)12-6-13(19-9-12)7-16-8-14(10-2-3-10)11-4-5-11/h6,9-11,14,16H,2-5,7-8H2,1H3. The van der Waals surface area contributed by atoms with Crippen molar-refractivity contribution in [3.63, 3.8) is 0 Å². The fourth-order valence-electron chi connectivity index (χ4n) is 2.83. The molecule has 0 amide bonds. The van der Waals surface area contributed by atoms with Gasteiger partial charge in [-0.1, -0.05) is 0 Å². The molecule has 0 atom stereocenters. The predicted molar refractivity (Wildman–Crippen MR) is 70.7 cm³/mol. The minimum Gasteiger partial charge on any atom is -0.467 e. The fraction of sp³-hybridized carbons (Fsp3) is 0.667. The summed E-state index contributed by atoms with van der Waals surface area (Å²) in [4.78, 5) is 11.3. The van der Waals surface area contributed by atoms with E-state index in [9.17, 15) is 4.79 Å². The predicted octanol–water partition coefficient (Wildman–Crippen LogP) is 2.59. The summed E-state index contributed by atoms with van der Waals surface area (Å²) in [6.45, 7) is 1.76. The van der Waals surface area contributed by atoms with Crippen LogP contribution in [-0.2, 0) is 11.3 Å². The smallest absolute Gasteiger partial charge is 0.341 e. The average Bonchev–Trinajstić information content (AvgIpc) is 3.34. The van der Waals surface area contributed by atoms with E-state index in [-0.39, 0.29) is 5.97 Å². The summed E-state index contributed by atoms with van der Waals surface area (Å²) in [7, 11) is 1.38. The number of methoxy groups -OCH3 is 1. The summed E-state index contributed by atoms with van der Waals surface area (Å²) in [6, 6.07) is 1.75. The van der Waals surface area contributed by atoms with Gasteiger partial charge in [-0.15, -0.1) is 0 Å². The third-order valence-corrected chi connectivity index (χ3v) is 4.21. The Morgan fingerprint density at radius 1 is 1.42 bits per heavy atom. The molecule has 3 rings (SSSR count). The van der Waals surface area contributed by atoms with E-state index in [1.54, 1.807) is 6.07 Å². The molecule has 0 bridgehead atoms. The molecule has 1 heterocycles. The molecule has 0 aliphatic heterocycles. The van der Waals surface area contributed by atoms with Gasteiger partial charge in [0.15, 0.2) is 0 Å². The number of esters is 1. The van der Waals surface area contributed by atoms with Gasteiger partial charge >= 0.3 is 5.97 Å². The highest BCUT2D eigenvalue weighted by Crippen LogP contribution is 2.48. The lowest BCUT2D eigenvalue weighted by Gasteiger charge is -2.15. The van der Waals surface area contributed by atoms with Crippen molar-refractivity contribution in [2.45, 2.75) is 32.2 Å². The second kappa shape index (κ2) is 5.37. The van der Waals surface area contributed by atoms with Gasteiger partial charge in [0.05, 0.1) is 19.2 Å². The Hall–Kier alpha value is -1.29. The second-order valence-electron chi connectivity index (χ2n) is 5.76. The maximum atomic E-state index is 11.3. The van der Waals surface area contributed by atoms with Crippen molar-refractivity contribution < 1.29 is 13.9 Å². The first-order valence-electron chi connectivity index (χ1n) is 7.14. The molecule has 2 saturated carbocycles. The van der Waals surface area contributed by atoms with Crippen LogP contribution in [0.1, 0.15) is 41.8 Å². The third-order valence-electron chi connectivity index (χ3n) is 4.21. The molecule has 2 fully saturated rings. The monoisotopic (exact) mass is 263 g/mol. The summed E-state index contributed by atoms with van der Waals surface area (Å²) in [5.74, 6) is 3.23. The average molecular weight is 263 g/mol. The number of carbonyl (C=O) groups is 1. The van der Waals surface area contributed by atoms with Crippen molar-refractivity contribution in [3.05, 3.63) is 23.7 Å². The maximum absolute atomic E-state index is 11.3. The normalized spacial score (nSPS) is 18.8. The molecule has 19 heavy (non-hydrogen) atoms. The topological polar surface area (TPSA) is 51.5 Å². The Labute approximate surface area is 113 Å². The van der Waals surface area contributed by atoms with Crippen LogP contribution in [0.25, 0.3) is 0 Å². The fourth-order valence-corrected chi connectivity index (χ4v) is 2.83. The first-order chi connectivity index (χ1) is 9.28. The van der Waals surface area contributed by atoms with Crippen LogP contribution in [0, 0.1) is 17.8 Å². The minimum absolute atomic E-state index is 0.344. The van der Waals surface area contributed by atoms with E-state index >= 15 is 0 Å². The molecule has 2 aliphatic carbocycles. The van der Waals surface area contributed by atoms with Gasteiger partial charge in [-0.25, -0.2) is 4.79 Å². The van der Waals surface area contributed by atoms with E-state index in [1.807, 2.05) is 0 Å². The van der Waals surface area contributed by atoms with Crippen LogP contribution in [0.15, 0.2) is 16.7 Å². The zero-order valence-corrected chi connectivity index (χ0v) is 11.4. The summed E-state index contributed by atoms with van der Waals surface area (Å²) in [6.07, 6.45) is 7.11. The zero-order valence-electron chi connectivity index (χ0n) is 11.4. The Kier molecular flexibility index (Phi) is 3.60. The number of hydrogen-bond donors (Lipinski definition) is 1. The Balaban J connectivity index is 1.46. The van der Waals surface area contributed by atoms with E-state index in [1.165, 1.54) is 39.1 Å². The number of hydrogen-bond acceptors (Lipinski definition) is 4. The maximum Gasteiger partial charge on any atom is 0.341 e. The molecule has 4 heteroatoms. The summed E-state index contributed by atoms with van der Waals surface area (Å²) in [5.41, 5.74) is 0.486. The number of rotatable bonds is 7. The van der Waals surface area contributed by atoms with Crippen LogP contribution in [0.4, 0.5) is 0 Å². The summed E-state index contributed by atoms with van der Waals surface area (Å²) >= 11 is 0. The molecule has 104 valence electrons. The molecule has 0 saturated heterocycles. The lowest BCUT2D eigenvalue weighted by atomic mass is 9.98. The van der Waals surface area contributed by atoms with Crippen LogP contribution in [-0.4, -0.2) is 19.6 Å². The molecule has 0 unspecified atom stereocenters. The highest BCUT2D eigenvalue weighted by Gasteiger charge is 2.40. The van der Waals surface area contributed by atoms with Crippen molar-refractivity contribution in [1.82, 2.24) is 5.32 Å². The SMILES string of the molecule is COC(=O)c1coc(CNCC(C2CC2)C2CC2)c1. The van der Waals surface area contributed by atoms with Gasteiger partial charge in [-0.2, -0.15) is 0 Å². The van der Waals surface area contributed by atoms with Crippen molar-refractivity contribution in [2.75, 3.05) is 13.7 Å². The van der Waals surface area contributed by atoms with E-state index in [4.69, 9.17) is 4.42 Å². The van der Waals surface area contributed by atoms with Crippen molar-refractivity contribution >= 4 is 5.97 Å². The van der Waals surface area contributed by atoms with Crippen LogP contribution in [0.5, 0.6) is 0 Å². The first-order valence-corrected chi connectivity index (χ1v) is 7.14. The van der Waals surface area contributed by atoms with E-state index in [0.717, 1.165) is 30.1 Å². The summed E-state index contributed by atoms with van der Waals surface area (Å²) in [5, 5.41) is 3.47. The number of ether oxygens (including phenoxy) is 1. The molecule has 2 aliphatic rings. The number of furan rings is 1. The second-order valence-corrected chi connectivity index (χ2v) is 5.76. The van der Waals surface area contributed by atoms with Crippen LogP contribution >= 0.6 is 0 Å². The van der Waals surface area contributed by atoms with E-state index in [0.29, 0.717) is 12.1 Å². The van der Waals surface area contributed by atoms with Gasteiger partial charge in [0, 0.05) is 0 Å². The molecule has 0 spiro atoms. The van der Waals surface area contributed by atoms with Crippen LogP contribution in [0.3, 0.4) is 0 Å². The largest absolute Gasteiger partial charge is 0.467 e. The van der Waals surface area contributed by atoms with Gasteiger partial charge in [0.1, 0.15) is 12.0 Å². The van der Waals surface area contributed by atoms with Gasteiger partial charge in [0.2, 0.25) is 0 Å². The van der Waals surface area contributed by atoms with Crippen LogP contribution < -0.4 is 5.32 Å². The van der Waals surface area contributed by atoms with Crippen molar-refractivity contribution in [3.8, 4) is 0 Å². The molecule has 1 N–H and O–H groups in total. The molecule has 0 radical (unpaired) electrons. The van der Waals surface area contributed by atoms with Gasteiger partial charge in [0.25, 0.3) is 0 Å². The quantitative estimate of drug-likeness (QED) is 0.768. The Morgan fingerprint density at radius 3 is 2.68 bits per heavy atom. The molecule has 0 aromatic carbocycles. The zero-order chi connectivity index (χ0) is 13.2. The first kappa shape index (κ1) is 12.7. The minimum atomic E-state index is -0.344.